The molecule has 1 aromatic heterocycles. The molecule has 0 aliphatic heterocycles. The Morgan fingerprint density at radius 1 is 1.30 bits per heavy atom. The number of nitrogens with zero attached hydrogens (tertiary/aromatic N) is 2. The summed E-state index contributed by atoms with van der Waals surface area (Å²) in [5.74, 6) is -1.05. The average molecular weight is 325 g/mol. The Balaban J connectivity index is 0.00000264. The van der Waals surface area contributed by atoms with Crippen molar-refractivity contribution >= 4 is 17.6 Å². The Morgan fingerprint density at radius 3 is 2.74 bits per heavy atom. The molecule has 1 amide bonds. The number of rotatable bonds is 6. The summed E-state index contributed by atoms with van der Waals surface area (Å²) in [6, 6.07) is 5.65. The van der Waals surface area contributed by atoms with Crippen LogP contribution in [-0.4, -0.2) is 22.0 Å². The van der Waals surface area contributed by atoms with Crippen molar-refractivity contribution in [2.45, 2.75) is 33.1 Å². The first-order valence-corrected chi connectivity index (χ1v) is 6.83. The van der Waals surface area contributed by atoms with Crippen molar-refractivity contribution in [2.24, 2.45) is 0 Å². The van der Waals surface area contributed by atoms with Gasteiger partial charge in [0.1, 0.15) is 0 Å². The predicted octanol–water partition coefficient (Wildman–Crippen LogP) is -2.45. The van der Waals surface area contributed by atoms with E-state index in [9.17, 15) is 14.7 Å². The number of hydrogen-bond acceptors (Lipinski definition) is 6. The van der Waals surface area contributed by atoms with Crippen LogP contribution in [0.2, 0.25) is 0 Å². The summed E-state index contributed by atoms with van der Waals surface area (Å²) in [7, 11) is 0. The standard InChI is InChI=1S/C15H17N3O4.Na/c1-9-4-3-5-11(10(9)2)16-13(19)8-12-17-14(22-18-12)6-7-15(20)21;/h3-5H,6-8H2,1-2H3,(H,16,19)(H,20,21);/q;+1/p-1. The molecule has 0 bridgehead atoms. The Labute approximate surface area is 155 Å². The fraction of sp³-hybridized carbons (Fsp3) is 0.333. The summed E-state index contributed by atoms with van der Waals surface area (Å²) in [6.45, 7) is 3.89. The van der Waals surface area contributed by atoms with Gasteiger partial charge in [-0.2, -0.15) is 4.98 Å². The van der Waals surface area contributed by atoms with Crippen molar-refractivity contribution in [3.05, 3.63) is 41.0 Å². The van der Waals surface area contributed by atoms with E-state index in [-0.39, 0.29) is 66.4 Å². The zero-order valence-corrected chi connectivity index (χ0v) is 15.4. The van der Waals surface area contributed by atoms with Gasteiger partial charge in [0.2, 0.25) is 11.8 Å². The van der Waals surface area contributed by atoms with E-state index in [2.05, 4.69) is 15.5 Å². The predicted molar refractivity (Wildman–Crippen MR) is 75.9 cm³/mol. The van der Waals surface area contributed by atoms with Crippen molar-refractivity contribution in [3.63, 3.8) is 0 Å². The maximum absolute atomic E-state index is 12.0. The van der Waals surface area contributed by atoms with Crippen molar-refractivity contribution in [1.82, 2.24) is 10.1 Å². The summed E-state index contributed by atoms with van der Waals surface area (Å²) in [6.07, 6.45) is -0.146. The zero-order valence-electron chi connectivity index (χ0n) is 13.4. The van der Waals surface area contributed by atoms with Crippen LogP contribution in [0.5, 0.6) is 0 Å². The number of carboxylic acid groups (broad SMARTS) is 1. The molecule has 0 unspecified atom stereocenters. The molecule has 1 N–H and O–H groups in total. The van der Waals surface area contributed by atoms with E-state index in [1.54, 1.807) is 0 Å². The monoisotopic (exact) mass is 325 g/mol. The van der Waals surface area contributed by atoms with Crippen LogP contribution in [0.3, 0.4) is 0 Å². The van der Waals surface area contributed by atoms with Gasteiger partial charge in [0.15, 0.2) is 5.82 Å². The van der Waals surface area contributed by atoms with Crippen LogP contribution in [0.1, 0.15) is 29.3 Å². The second-order valence-corrected chi connectivity index (χ2v) is 4.95. The number of nitrogens with one attached hydrogen (secondary N) is 1. The largest absolute Gasteiger partial charge is 1.00 e. The van der Waals surface area contributed by atoms with Gasteiger partial charge in [0.25, 0.3) is 0 Å². The van der Waals surface area contributed by atoms with Gasteiger partial charge >= 0.3 is 29.6 Å². The summed E-state index contributed by atoms with van der Waals surface area (Å²) >= 11 is 0. The van der Waals surface area contributed by atoms with Gasteiger partial charge in [-0.25, -0.2) is 0 Å². The SMILES string of the molecule is Cc1cccc(NC(=O)Cc2noc(CCC(=O)[O-])n2)c1C.[Na+]. The number of carbonyl (C=O) groups excluding carboxylic acids is 2. The van der Waals surface area contributed by atoms with Gasteiger partial charge in [-0.15, -0.1) is 0 Å². The first kappa shape index (κ1) is 19.3. The molecule has 0 saturated heterocycles. The summed E-state index contributed by atoms with van der Waals surface area (Å²) in [5.41, 5.74) is 2.83. The molecule has 0 aliphatic carbocycles. The number of benzene rings is 1. The number of aryl methyl sites for hydroxylation is 2. The Hall–Kier alpha value is -1.70. The van der Waals surface area contributed by atoms with Crippen LogP contribution in [-0.2, 0) is 22.4 Å². The first-order valence-electron chi connectivity index (χ1n) is 6.83. The van der Waals surface area contributed by atoms with Crippen LogP contribution in [0.4, 0.5) is 5.69 Å². The third-order valence-electron chi connectivity index (χ3n) is 3.25. The van der Waals surface area contributed by atoms with Crippen molar-refractivity contribution in [1.29, 1.82) is 0 Å². The maximum atomic E-state index is 12.0. The molecule has 0 atom stereocenters. The van der Waals surface area contributed by atoms with Crippen molar-refractivity contribution < 1.29 is 48.8 Å². The molecule has 1 heterocycles. The normalized spacial score (nSPS) is 10.0. The van der Waals surface area contributed by atoms with E-state index in [1.807, 2.05) is 32.0 Å². The fourth-order valence-corrected chi connectivity index (χ4v) is 1.90. The minimum Gasteiger partial charge on any atom is -0.550 e. The molecule has 2 aromatic rings. The van der Waals surface area contributed by atoms with E-state index in [1.165, 1.54) is 0 Å². The van der Waals surface area contributed by atoms with Gasteiger partial charge in [0, 0.05) is 18.1 Å². The van der Waals surface area contributed by atoms with Gasteiger partial charge in [0.05, 0.1) is 6.42 Å². The van der Waals surface area contributed by atoms with Crippen LogP contribution in [0.25, 0.3) is 0 Å². The van der Waals surface area contributed by atoms with Gasteiger partial charge < -0.3 is 19.7 Å². The van der Waals surface area contributed by atoms with Crippen LogP contribution in [0.15, 0.2) is 22.7 Å². The molecule has 0 radical (unpaired) electrons. The minimum absolute atomic E-state index is 0. The molecule has 7 nitrogen and oxygen atoms in total. The molecule has 0 saturated carbocycles. The van der Waals surface area contributed by atoms with Gasteiger partial charge in [-0.05, 0) is 37.5 Å². The Kier molecular flexibility index (Phi) is 7.41. The third-order valence-corrected chi connectivity index (χ3v) is 3.25. The third kappa shape index (κ3) is 5.78. The Morgan fingerprint density at radius 2 is 2.04 bits per heavy atom. The van der Waals surface area contributed by atoms with E-state index in [0.29, 0.717) is 0 Å². The summed E-state index contributed by atoms with van der Waals surface area (Å²) in [5, 5.41) is 16.8. The van der Waals surface area contributed by atoms with E-state index < -0.39 is 5.97 Å². The van der Waals surface area contributed by atoms with Crippen LogP contribution >= 0.6 is 0 Å². The molecule has 116 valence electrons. The van der Waals surface area contributed by atoms with Gasteiger partial charge in [-0.3, -0.25) is 4.79 Å². The quantitative estimate of drug-likeness (QED) is 0.591. The average Bonchev–Trinajstić information content (AvgIpc) is 2.89. The second kappa shape index (κ2) is 8.81. The molecule has 8 heteroatoms. The number of amides is 1. The summed E-state index contributed by atoms with van der Waals surface area (Å²) < 4.78 is 4.88. The number of aliphatic carboxylic acids is 1. The molecule has 1 aromatic carbocycles. The van der Waals surface area contributed by atoms with Crippen LogP contribution in [0, 0.1) is 13.8 Å². The van der Waals surface area contributed by atoms with E-state index in [0.717, 1.165) is 16.8 Å². The number of anilines is 1. The van der Waals surface area contributed by atoms with Crippen LogP contribution < -0.4 is 40.0 Å². The minimum atomic E-state index is -1.19. The van der Waals surface area contributed by atoms with Crippen molar-refractivity contribution in [3.8, 4) is 0 Å². The summed E-state index contributed by atoms with van der Waals surface area (Å²) in [4.78, 5) is 26.3. The number of aromatic nitrogens is 2. The Bertz CT molecular complexity index is 700. The van der Waals surface area contributed by atoms with E-state index in [4.69, 9.17) is 4.52 Å². The molecule has 0 spiro atoms. The molecule has 23 heavy (non-hydrogen) atoms. The smallest absolute Gasteiger partial charge is 0.550 e. The van der Waals surface area contributed by atoms with Crippen molar-refractivity contribution in [2.75, 3.05) is 5.32 Å². The molecule has 0 fully saturated rings. The molecule has 2 rings (SSSR count). The first-order chi connectivity index (χ1) is 10.5. The second-order valence-electron chi connectivity index (χ2n) is 4.95. The molecular weight excluding hydrogens is 309 g/mol. The fourth-order valence-electron chi connectivity index (χ4n) is 1.90. The van der Waals surface area contributed by atoms with E-state index >= 15 is 0 Å². The topological polar surface area (TPSA) is 108 Å². The van der Waals surface area contributed by atoms with Gasteiger partial charge in [-0.1, -0.05) is 17.3 Å². The number of carboxylic acids is 1. The maximum Gasteiger partial charge on any atom is 1.00 e. The number of carbonyl (C=O) groups is 2. The number of hydrogen-bond donors (Lipinski definition) is 1. The molecular formula is C15H16N3NaO4. The molecule has 0 aliphatic rings. The zero-order chi connectivity index (χ0) is 16.1.